The van der Waals surface area contributed by atoms with Crippen LogP contribution in [-0.2, 0) is 0 Å². The molecule has 3 N–H and O–H groups in total. The van der Waals surface area contributed by atoms with Gasteiger partial charge in [-0.3, -0.25) is 5.10 Å². The minimum Gasteiger partial charge on any atom is -0.399 e. The van der Waals surface area contributed by atoms with Gasteiger partial charge in [0.05, 0.1) is 0 Å². The van der Waals surface area contributed by atoms with Crippen LogP contribution in [0.3, 0.4) is 0 Å². The maximum Gasteiger partial charge on any atom is 0.181 e. The molecular weight excluding hydrogens is 292 g/mol. The van der Waals surface area contributed by atoms with Gasteiger partial charge in [-0.25, -0.2) is 4.98 Å². The van der Waals surface area contributed by atoms with E-state index in [0.29, 0.717) is 11.6 Å². The molecule has 0 bridgehead atoms. The standard InChI is InChI=1S/C13H15BrN4/c14-10-5-9(6-11(15)7-10)13-16-12(17-18-13)8-3-1-2-4-8/h5-8H,1-4,15H2,(H,16,17,18). The lowest BCUT2D eigenvalue weighted by molar-refractivity contribution is 0.672. The highest BCUT2D eigenvalue weighted by Gasteiger charge is 2.20. The fourth-order valence-corrected chi connectivity index (χ4v) is 3.04. The molecule has 5 heteroatoms. The van der Waals surface area contributed by atoms with Crippen LogP contribution in [0.25, 0.3) is 11.4 Å². The Morgan fingerprint density at radius 1 is 1.22 bits per heavy atom. The molecule has 1 aliphatic rings. The Morgan fingerprint density at radius 2 is 2.00 bits per heavy atom. The van der Waals surface area contributed by atoms with Gasteiger partial charge in [0.2, 0.25) is 0 Å². The van der Waals surface area contributed by atoms with E-state index in [1.165, 1.54) is 25.7 Å². The molecule has 18 heavy (non-hydrogen) atoms. The van der Waals surface area contributed by atoms with Crippen molar-refractivity contribution >= 4 is 21.6 Å². The molecule has 0 saturated heterocycles. The van der Waals surface area contributed by atoms with Crippen LogP contribution in [0.4, 0.5) is 5.69 Å². The number of hydrogen-bond donors (Lipinski definition) is 2. The van der Waals surface area contributed by atoms with Crippen LogP contribution in [0.2, 0.25) is 0 Å². The monoisotopic (exact) mass is 306 g/mol. The number of H-pyrrole nitrogens is 1. The molecule has 0 amide bonds. The first kappa shape index (κ1) is 11.7. The van der Waals surface area contributed by atoms with Crippen LogP contribution in [0.1, 0.15) is 37.4 Å². The Labute approximate surface area is 114 Å². The quantitative estimate of drug-likeness (QED) is 0.835. The van der Waals surface area contributed by atoms with Gasteiger partial charge < -0.3 is 5.73 Å². The highest BCUT2D eigenvalue weighted by molar-refractivity contribution is 9.10. The van der Waals surface area contributed by atoms with Crippen LogP contribution in [0.15, 0.2) is 22.7 Å². The normalized spacial score (nSPS) is 16.3. The fourth-order valence-electron chi connectivity index (χ4n) is 2.53. The van der Waals surface area contributed by atoms with E-state index in [1.807, 2.05) is 18.2 Å². The van der Waals surface area contributed by atoms with Crippen LogP contribution in [-0.4, -0.2) is 15.2 Å². The van der Waals surface area contributed by atoms with Crippen molar-refractivity contribution in [3.63, 3.8) is 0 Å². The molecule has 1 heterocycles. The van der Waals surface area contributed by atoms with E-state index in [-0.39, 0.29) is 0 Å². The van der Waals surface area contributed by atoms with Crippen LogP contribution < -0.4 is 5.73 Å². The number of rotatable bonds is 2. The van der Waals surface area contributed by atoms with Gasteiger partial charge in [0.25, 0.3) is 0 Å². The molecule has 1 saturated carbocycles. The molecule has 0 radical (unpaired) electrons. The zero-order chi connectivity index (χ0) is 12.5. The lowest BCUT2D eigenvalue weighted by Gasteiger charge is -2.02. The molecule has 3 rings (SSSR count). The van der Waals surface area contributed by atoms with Crippen molar-refractivity contribution in [1.82, 2.24) is 15.2 Å². The van der Waals surface area contributed by atoms with E-state index in [4.69, 9.17) is 5.73 Å². The van der Waals surface area contributed by atoms with Gasteiger partial charge in [0, 0.05) is 21.6 Å². The summed E-state index contributed by atoms with van der Waals surface area (Å²) in [6.45, 7) is 0. The largest absolute Gasteiger partial charge is 0.399 e. The zero-order valence-corrected chi connectivity index (χ0v) is 11.6. The second-order valence-corrected chi connectivity index (χ2v) is 5.71. The number of nitrogens with zero attached hydrogens (tertiary/aromatic N) is 2. The van der Waals surface area contributed by atoms with E-state index < -0.39 is 0 Å². The molecule has 1 aromatic heterocycles. The van der Waals surface area contributed by atoms with Gasteiger partial charge >= 0.3 is 0 Å². The number of anilines is 1. The maximum atomic E-state index is 5.83. The van der Waals surface area contributed by atoms with Gasteiger partial charge in [0.15, 0.2) is 5.82 Å². The first-order valence-corrected chi connectivity index (χ1v) is 7.00. The summed E-state index contributed by atoms with van der Waals surface area (Å²) < 4.78 is 0.949. The van der Waals surface area contributed by atoms with Crippen molar-refractivity contribution in [3.05, 3.63) is 28.5 Å². The summed E-state index contributed by atoms with van der Waals surface area (Å²) in [6, 6.07) is 5.75. The van der Waals surface area contributed by atoms with Gasteiger partial charge in [-0.1, -0.05) is 28.8 Å². The molecule has 1 aliphatic carbocycles. The van der Waals surface area contributed by atoms with Crippen LogP contribution >= 0.6 is 15.9 Å². The summed E-state index contributed by atoms with van der Waals surface area (Å²) in [4.78, 5) is 4.60. The third-order valence-electron chi connectivity index (χ3n) is 3.42. The third kappa shape index (κ3) is 2.27. The van der Waals surface area contributed by atoms with Gasteiger partial charge in [0.1, 0.15) is 5.82 Å². The molecule has 4 nitrogen and oxygen atoms in total. The van der Waals surface area contributed by atoms with Gasteiger partial charge in [-0.15, -0.1) is 0 Å². The van der Waals surface area contributed by atoms with E-state index in [0.717, 1.165) is 21.7 Å². The highest BCUT2D eigenvalue weighted by Crippen LogP contribution is 2.33. The van der Waals surface area contributed by atoms with Crippen molar-refractivity contribution in [2.75, 3.05) is 5.73 Å². The number of halogens is 1. The minimum absolute atomic E-state index is 0.552. The topological polar surface area (TPSA) is 67.6 Å². The average Bonchev–Trinajstić information content (AvgIpc) is 2.99. The molecule has 0 unspecified atom stereocenters. The number of hydrogen-bond acceptors (Lipinski definition) is 3. The second kappa shape index (κ2) is 4.72. The second-order valence-electron chi connectivity index (χ2n) is 4.80. The molecule has 1 aromatic carbocycles. The average molecular weight is 307 g/mol. The van der Waals surface area contributed by atoms with Gasteiger partial charge in [-0.2, -0.15) is 5.10 Å². The van der Waals surface area contributed by atoms with Crippen molar-refractivity contribution in [3.8, 4) is 11.4 Å². The smallest absolute Gasteiger partial charge is 0.181 e. The summed E-state index contributed by atoms with van der Waals surface area (Å²) in [6.07, 6.45) is 5.03. The van der Waals surface area contributed by atoms with E-state index >= 15 is 0 Å². The predicted molar refractivity (Wildman–Crippen MR) is 75.1 cm³/mol. The summed E-state index contributed by atoms with van der Waals surface area (Å²) in [7, 11) is 0. The van der Waals surface area contributed by atoms with Gasteiger partial charge in [-0.05, 0) is 31.0 Å². The van der Waals surface area contributed by atoms with Crippen molar-refractivity contribution < 1.29 is 0 Å². The van der Waals surface area contributed by atoms with Crippen molar-refractivity contribution in [2.45, 2.75) is 31.6 Å². The first-order valence-electron chi connectivity index (χ1n) is 6.21. The SMILES string of the molecule is Nc1cc(Br)cc(-c2n[nH]c(C3CCCC3)n2)c1. The van der Waals surface area contributed by atoms with E-state index in [9.17, 15) is 0 Å². The summed E-state index contributed by atoms with van der Waals surface area (Å²) in [5.41, 5.74) is 7.49. The number of benzene rings is 1. The highest BCUT2D eigenvalue weighted by atomic mass is 79.9. The first-order chi connectivity index (χ1) is 8.72. The molecule has 94 valence electrons. The molecule has 1 fully saturated rings. The van der Waals surface area contributed by atoms with Crippen LogP contribution in [0.5, 0.6) is 0 Å². The molecule has 0 atom stereocenters. The summed E-state index contributed by atoms with van der Waals surface area (Å²) in [5.74, 6) is 2.29. The summed E-state index contributed by atoms with van der Waals surface area (Å²) in [5, 5.41) is 7.37. The fraction of sp³-hybridized carbons (Fsp3) is 0.385. The number of nitrogens with one attached hydrogen (secondary N) is 1. The predicted octanol–water partition coefficient (Wildman–Crippen LogP) is 3.47. The van der Waals surface area contributed by atoms with Crippen LogP contribution in [0, 0.1) is 0 Å². The number of aromatic amines is 1. The summed E-state index contributed by atoms with van der Waals surface area (Å²) >= 11 is 3.44. The Morgan fingerprint density at radius 3 is 2.72 bits per heavy atom. The molecule has 0 spiro atoms. The third-order valence-corrected chi connectivity index (χ3v) is 3.88. The maximum absolute atomic E-state index is 5.83. The Bertz CT molecular complexity index is 538. The van der Waals surface area contributed by atoms with E-state index in [1.54, 1.807) is 0 Å². The lowest BCUT2D eigenvalue weighted by atomic mass is 10.1. The van der Waals surface area contributed by atoms with E-state index in [2.05, 4.69) is 31.1 Å². The zero-order valence-electron chi connectivity index (χ0n) is 9.99. The minimum atomic E-state index is 0.552. The Balaban J connectivity index is 1.92. The lowest BCUT2D eigenvalue weighted by Crippen LogP contribution is -1.94. The number of aromatic nitrogens is 3. The molecular formula is C13H15BrN4. The Hall–Kier alpha value is -1.36. The van der Waals surface area contributed by atoms with Crippen molar-refractivity contribution in [2.24, 2.45) is 0 Å². The Kier molecular flexibility index (Phi) is 3.07. The molecule has 2 aromatic rings. The molecule has 0 aliphatic heterocycles. The number of nitrogens with two attached hydrogens (primary N) is 1. The van der Waals surface area contributed by atoms with Crippen molar-refractivity contribution in [1.29, 1.82) is 0 Å². The number of nitrogen functional groups attached to an aromatic ring is 1.